The molecule has 0 radical (unpaired) electrons. The van der Waals surface area contributed by atoms with Crippen LogP contribution in [0.25, 0.3) is 0 Å². The van der Waals surface area contributed by atoms with E-state index in [-0.39, 0.29) is 24.1 Å². The number of ether oxygens (including phenoxy) is 1. The van der Waals surface area contributed by atoms with Crippen LogP contribution in [-0.2, 0) is 9.53 Å². The molecule has 1 fully saturated rings. The molecule has 0 aromatic heterocycles. The first-order valence-electron chi connectivity index (χ1n) is 10.8. The van der Waals surface area contributed by atoms with Crippen molar-refractivity contribution in [3.8, 4) is 0 Å². The van der Waals surface area contributed by atoms with Crippen molar-refractivity contribution in [2.24, 2.45) is 5.10 Å². The molecule has 0 aromatic rings. The SMILES string of the molecule is C=C(C)/C(=C\C(NC1CN(C(=O)OC(C)(C)C)C1)=C(C)C)N1C(CC)=NNC(=O)C1C. The van der Waals surface area contributed by atoms with Gasteiger partial charge in [-0.2, -0.15) is 5.10 Å². The Labute approximate surface area is 186 Å². The van der Waals surface area contributed by atoms with E-state index in [0.717, 1.165) is 28.4 Å². The predicted molar refractivity (Wildman–Crippen MR) is 123 cm³/mol. The van der Waals surface area contributed by atoms with E-state index in [9.17, 15) is 9.59 Å². The predicted octanol–water partition coefficient (Wildman–Crippen LogP) is 3.49. The van der Waals surface area contributed by atoms with E-state index in [2.05, 4.69) is 22.4 Å². The van der Waals surface area contributed by atoms with Crippen LogP contribution in [0.2, 0.25) is 0 Å². The quantitative estimate of drug-likeness (QED) is 0.629. The van der Waals surface area contributed by atoms with Gasteiger partial charge in [-0.05, 0) is 60.1 Å². The molecule has 2 heterocycles. The Hall–Kier alpha value is -2.77. The van der Waals surface area contributed by atoms with Gasteiger partial charge in [0.05, 0.1) is 6.04 Å². The fourth-order valence-corrected chi connectivity index (χ4v) is 3.34. The number of nitrogens with zero attached hydrogens (tertiary/aromatic N) is 3. The second-order valence-electron chi connectivity index (χ2n) is 9.35. The van der Waals surface area contributed by atoms with Crippen LogP contribution in [0, 0.1) is 0 Å². The third-order valence-corrected chi connectivity index (χ3v) is 5.07. The van der Waals surface area contributed by atoms with E-state index in [1.165, 1.54) is 0 Å². The van der Waals surface area contributed by atoms with Gasteiger partial charge in [0, 0.05) is 30.9 Å². The number of hydrogen-bond acceptors (Lipinski definition) is 6. The molecule has 0 bridgehead atoms. The summed E-state index contributed by atoms with van der Waals surface area (Å²) in [7, 11) is 0. The average molecular weight is 432 g/mol. The summed E-state index contributed by atoms with van der Waals surface area (Å²) in [4.78, 5) is 28.1. The van der Waals surface area contributed by atoms with Gasteiger partial charge in [-0.15, -0.1) is 0 Å². The molecule has 8 heteroatoms. The molecule has 2 aliphatic rings. The average Bonchev–Trinajstić information content (AvgIpc) is 2.60. The van der Waals surface area contributed by atoms with Crippen molar-refractivity contribution in [2.75, 3.05) is 13.1 Å². The minimum Gasteiger partial charge on any atom is -0.444 e. The van der Waals surface area contributed by atoms with Crippen LogP contribution < -0.4 is 10.7 Å². The lowest BCUT2D eigenvalue weighted by Gasteiger charge is -2.41. The van der Waals surface area contributed by atoms with Gasteiger partial charge < -0.3 is 19.9 Å². The van der Waals surface area contributed by atoms with Crippen molar-refractivity contribution in [3.05, 3.63) is 35.2 Å². The molecular weight excluding hydrogens is 394 g/mol. The Morgan fingerprint density at radius 2 is 1.94 bits per heavy atom. The third kappa shape index (κ3) is 6.12. The van der Waals surface area contributed by atoms with Gasteiger partial charge in [0.15, 0.2) is 0 Å². The van der Waals surface area contributed by atoms with Crippen LogP contribution in [-0.4, -0.2) is 58.4 Å². The van der Waals surface area contributed by atoms with Crippen molar-refractivity contribution in [2.45, 2.75) is 79.5 Å². The summed E-state index contributed by atoms with van der Waals surface area (Å²) in [5, 5.41) is 7.76. The molecular formula is C23H37N5O3. The lowest BCUT2D eigenvalue weighted by molar-refractivity contribution is -0.124. The lowest BCUT2D eigenvalue weighted by Crippen LogP contribution is -2.60. The van der Waals surface area contributed by atoms with E-state index in [1.54, 1.807) is 4.90 Å². The van der Waals surface area contributed by atoms with Gasteiger partial charge in [0.25, 0.3) is 5.91 Å². The molecule has 31 heavy (non-hydrogen) atoms. The molecule has 2 rings (SSSR count). The van der Waals surface area contributed by atoms with Gasteiger partial charge >= 0.3 is 6.09 Å². The molecule has 1 saturated heterocycles. The number of carbonyl (C=O) groups excluding carboxylic acids is 2. The van der Waals surface area contributed by atoms with Crippen molar-refractivity contribution in [1.29, 1.82) is 0 Å². The number of allylic oxidation sites excluding steroid dienone is 3. The number of hydrazone groups is 1. The van der Waals surface area contributed by atoms with Crippen molar-refractivity contribution >= 4 is 17.8 Å². The fraction of sp³-hybridized carbons (Fsp3) is 0.609. The van der Waals surface area contributed by atoms with Crippen molar-refractivity contribution in [1.82, 2.24) is 20.5 Å². The van der Waals surface area contributed by atoms with Crippen LogP contribution in [0.4, 0.5) is 4.79 Å². The summed E-state index contributed by atoms with van der Waals surface area (Å²) < 4.78 is 5.43. The molecule has 2 amide bonds. The molecule has 0 spiro atoms. The highest BCUT2D eigenvalue weighted by molar-refractivity contribution is 5.95. The zero-order chi connectivity index (χ0) is 23.5. The first-order valence-corrected chi connectivity index (χ1v) is 10.8. The first kappa shape index (κ1) is 24.5. The van der Waals surface area contributed by atoms with Gasteiger partial charge in [0.1, 0.15) is 17.5 Å². The third-order valence-electron chi connectivity index (χ3n) is 5.07. The minimum absolute atomic E-state index is 0.126. The maximum absolute atomic E-state index is 12.3. The highest BCUT2D eigenvalue weighted by atomic mass is 16.6. The molecule has 0 aromatic carbocycles. The van der Waals surface area contributed by atoms with Crippen LogP contribution in [0.15, 0.2) is 40.3 Å². The topological polar surface area (TPSA) is 86.3 Å². The molecule has 8 nitrogen and oxygen atoms in total. The molecule has 1 atom stereocenters. The van der Waals surface area contributed by atoms with Gasteiger partial charge in [-0.25, -0.2) is 10.2 Å². The Morgan fingerprint density at radius 1 is 1.32 bits per heavy atom. The van der Waals surface area contributed by atoms with Crippen molar-refractivity contribution in [3.63, 3.8) is 0 Å². The normalized spacial score (nSPS) is 19.9. The first-order chi connectivity index (χ1) is 14.3. The summed E-state index contributed by atoms with van der Waals surface area (Å²) in [6.45, 7) is 20.7. The van der Waals surface area contributed by atoms with Crippen LogP contribution in [0.1, 0.15) is 61.8 Å². The summed E-state index contributed by atoms with van der Waals surface area (Å²) in [6, 6.07) is -0.262. The smallest absolute Gasteiger partial charge is 0.410 e. The highest BCUT2D eigenvalue weighted by Crippen LogP contribution is 2.24. The molecule has 1 unspecified atom stereocenters. The lowest BCUT2D eigenvalue weighted by atomic mass is 10.1. The summed E-state index contributed by atoms with van der Waals surface area (Å²) in [5.74, 6) is 0.636. The zero-order valence-corrected chi connectivity index (χ0v) is 20.1. The Balaban J connectivity index is 2.19. The number of carbonyl (C=O) groups is 2. The Kier molecular flexibility index (Phi) is 7.57. The second-order valence-corrected chi connectivity index (χ2v) is 9.35. The van der Waals surface area contributed by atoms with Crippen LogP contribution >= 0.6 is 0 Å². The van der Waals surface area contributed by atoms with E-state index in [4.69, 9.17) is 4.74 Å². The monoisotopic (exact) mass is 431 g/mol. The Morgan fingerprint density at radius 3 is 2.42 bits per heavy atom. The number of amides is 2. The van der Waals surface area contributed by atoms with Gasteiger partial charge in [0.2, 0.25) is 0 Å². The summed E-state index contributed by atoms with van der Waals surface area (Å²) >= 11 is 0. The fourth-order valence-electron chi connectivity index (χ4n) is 3.34. The Bertz CT molecular complexity index is 825. The second kappa shape index (κ2) is 9.58. The number of hydrogen-bond donors (Lipinski definition) is 2. The largest absolute Gasteiger partial charge is 0.444 e. The van der Waals surface area contributed by atoms with Crippen LogP contribution in [0.3, 0.4) is 0 Å². The molecule has 2 N–H and O–H groups in total. The van der Waals surface area contributed by atoms with Crippen LogP contribution in [0.5, 0.6) is 0 Å². The van der Waals surface area contributed by atoms with Gasteiger partial charge in [-0.1, -0.05) is 19.1 Å². The maximum Gasteiger partial charge on any atom is 0.410 e. The van der Waals surface area contributed by atoms with Crippen molar-refractivity contribution < 1.29 is 14.3 Å². The number of nitrogens with one attached hydrogen (secondary N) is 2. The maximum atomic E-state index is 12.3. The highest BCUT2D eigenvalue weighted by Gasteiger charge is 2.35. The molecule has 172 valence electrons. The van der Waals surface area contributed by atoms with E-state index in [1.807, 2.05) is 66.4 Å². The molecule has 2 aliphatic heterocycles. The van der Waals surface area contributed by atoms with E-state index < -0.39 is 5.60 Å². The van der Waals surface area contributed by atoms with E-state index in [0.29, 0.717) is 19.5 Å². The molecule has 0 saturated carbocycles. The van der Waals surface area contributed by atoms with E-state index >= 15 is 0 Å². The molecule has 0 aliphatic carbocycles. The number of rotatable bonds is 6. The number of amidine groups is 1. The van der Waals surface area contributed by atoms with Gasteiger partial charge in [-0.3, -0.25) is 4.79 Å². The summed E-state index contributed by atoms with van der Waals surface area (Å²) in [5.41, 5.74) is 5.81. The zero-order valence-electron chi connectivity index (χ0n) is 20.1. The summed E-state index contributed by atoms with van der Waals surface area (Å²) in [6.07, 6.45) is 2.41. The number of likely N-dealkylation sites (tertiary alicyclic amines) is 1. The standard InChI is InChI=1S/C23H37N5O3/c1-10-20-25-26-21(29)16(6)28(20)19(15(4)5)11-18(14(2)3)24-17-12-27(13-17)22(30)31-23(7,8)9/h11,16-17,24H,4,10,12-13H2,1-3,5-9H3,(H,26,29)/b19-11+. The minimum atomic E-state index is -0.504.